The number of carbonyl (C=O) groups excluding carboxylic acids is 3. The van der Waals surface area contributed by atoms with Gasteiger partial charge in [0.1, 0.15) is 5.70 Å². The molecule has 0 aliphatic heterocycles. The smallest absolute Gasteiger partial charge is 0.272 e. The Hall–Kier alpha value is -4.56. The van der Waals surface area contributed by atoms with E-state index < -0.39 is 17.1 Å². The number of hydrogen-bond acceptors (Lipinski definition) is 4. The van der Waals surface area contributed by atoms with Gasteiger partial charge in [-0.1, -0.05) is 83.9 Å². The molecule has 3 N–H and O–H groups in total. The largest absolute Gasteiger partial charge is 0.325 e. The van der Waals surface area contributed by atoms with Crippen LogP contribution in [0.2, 0.25) is 10.0 Å². The molecule has 44 heavy (non-hydrogen) atoms. The Labute approximate surface area is 269 Å². The van der Waals surface area contributed by atoms with Crippen molar-refractivity contribution in [2.45, 2.75) is 17.1 Å². The standard InChI is InChI=1S/C35H27Cl2N3O3S/c1-22(33(41)39-27-16-19-30(36)31(37)21-27)44-28-17-14-26(15-18-28)38-35(43)32(40-34(42)24-9-3-2-4-10-24)20-25-12-7-11-23-8-5-6-13-29(23)25/h2-22H,1H3,(H,38,43)(H,39,41)(H,40,42)/b32-20-. The molecule has 9 heteroatoms. The minimum atomic E-state index is -0.475. The first-order chi connectivity index (χ1) is 21.3. The van der Waals surface area contributed by atoms with Crippen molar-refractivity contribution in [3.63, 3.8) is 0 Å². The molecular formula is C35H27Cl2N3O3S. The number of amides is 3. The molecule has 0 bridgehead atoms. The summed E-state index contributed by atoms with van der Waals surface area (Å²) in [6, 6.07) is 34.4. The van der Waals surface area contributed by atoms with Crippen molar-refractivity contribution in [3.8, 4) is 0 Å². The molecule has 0 saturated carbocycles. The molecule has 1 atom stereocenters. The molecule has 220 valence electrons. The summed E-state index contributed by atoms with van der Waals surface area (Å²) in [4.78, 5) is 40.1. The number of thioether (sulfide) groups is 1. The van der Waals surface area contributed by atoms with Crippen molar-refractivity contribution in [1.29, 1.82) is 0 Å². The molecule has 6 nitrogen and oxygen atoms in total. The van der Waals surface area contributed by atoms with E-state index in [2.05, 4.69) is 16.0 Å². The third-order valence-electron chi connectivity index (χ3n) is 6.63. The van der Waals surface area contributed by atoms with Gasteiger partial charge in [0.15, 0.2) is 0 Å². The average molecular weight is 641 g/mol. The van der Waals surface area contributed by atoms with Crippen molar-refractivity contribution in [3.05, 3.63) is 142 Å². The lowest BCUT2D eigenvalue weighted by atomic mass is 10.0. The number of anilines is 2. The molecule has 3 amide bonds. The van der Waals surface area contributed by atoms with Crippen LogP contribution in [-0.2, 0) is 9.59 Å². The number of carbonyl (C=O) groups is 3. The predicted molar refractivity (Wildman–Crippen MR) is 181 cm³/mol. The van der Waals surface area contributed by atoms with Crippen LogP contribution in [0.15, 0.2) is 126 Å². The van der Waals surface area contributed by atoms with E-state index in [1.54, 1.807) is 67.6 Å². The second-order valence-corrected chi connectivity index (χ2v) is 12.0. The highest BCUT2D eigenvalue weighted by atomic mass is 35.5. The molecule has 5 rings (SSSR count). The second kappa shape index (κ2) is 14.3. The highest BCUT2D eigenvalue weighted by molar-refractivity contribution is 8.00. The number of rotatable bonds is 9. The van der Waals surface area contributed by atoms with Gasteiger partial charge in [-0.2, -0.15) is 0 Å². The van der Waals surface area contributed by atoms with E-state index in [0.29, 0.717) is 27.0 Å². The minimum Gasteiger partial charge on any atom is -0.325 e. The number of nitrogens with one attached hydrogen (secondary N) is 3. The van der Waals surface area contributed by atoms with Crippen molar-refractivity contribution in [2.75, 3.05) is 10.6 Å². The fourth-order valence-corrected chi connectivity index (χ4v) is 5.53. The molecule has 0 fully saturated rings. The quantitative estimate of drug-likeness (QED) is 0.111. The van der Waals surface area contributed by atoms with Gasteiger partial charge in [-0.05, 0) is 83.9 Å². The van der Waals surface area contributed by atoms with Crippen LogP contribution in [0.5, 0.6) is 0 Å². The maximum absolute atomic E-state index is 13.5. The Morgan fingerprint density at radius 3 is 2.16 bits per heavy atom. The summed E-state index contributed by atoms with van der Waals surface area (Å²) in [5.74, 6) is -1.06. The van der Waals surface area contributed by atoms with Gasteiger partial charge in [0.05, 0.1) is 15.3 Å². The SMILES string of the molecule is CC(Sc1ccc(NC(=O)/C(=C/c2cccc3ccccc23)NC(=O)c2ccccc2)cc1)C(=O)Nc1ccc(Cl)c(Cl)c1. The summed E-state index contributed by atoms with van der Waals surface area (Å²) in [5, 5.41) is 10.8. The van der Waals surface area contributed by atoms with E-state index in [1.807, 2.05) is 60.7 Å². The van der Waals surface area contributed by atoms with E-state index in [4.69, 9.17) is 23.2 Å². The van der Waals surface area contributed by atoms with Crippen LogP contribution in [0.3, 0.4) is 0 Å². The minimum absolute atomic E-state index is 0.0984. The summed E-state index contributed by atoms with van der Waals surface area (Å²) >= 11 is 13.4. The third-order valence-corrected chi connectivity index (χ3v) is 8.48. The Balaban J connectivity index is 1.30. The first kappa shape index (κ1) is 30.9. The summed E-state index contributed by atoms with van der Waals surface area (Å²) in [5.41, 5.74) is 2.41. The Morgan fingerprint density at radius 1 is 0.727 bits per heavy atom. The van der Waals surface area contributed by atoms with Crippen molar-refractivity contribution >= 4 is 80.9 Å². The van der Waals surface area contributed by atoms with Crippen molar-refractivity contribution in [2.24, 2.45) is 0 Å². The molecule has 0 saturated heterocycles. The average Bonchev–Trinajstić information content (AvgIpc) is 3.04. The lowest BCUT2D eigenvalue weighted by Gasteiger charge is -2.14. The van der Waals surface area contributed by atoms with Crippen LogP contribution in [-0.4, -0.2) is 23.0 Å². The zero-order valence-electron chi connectivity index (χ0n) is 23.5. The topological polar surface area (TPSA) is 87.3 Å². The Kier molecular flexibility index (Phi) is 10.0. The molecule has 0 heterocycles. The lowest BCUT2D eigenvalue weighted by Crippen LogP contribution is -2.30. The van der Waals surface area contributed by atoms with Crippen LogP contribution in [0.4, 0.5) is 11.4 Å². The van der Waals surface area contributed by atoms with Gasteiger partial charge >= 0.3 is 0 Å². The molecule has 5 aromatic carbocycles. The van der Waals surface area contributed by atoms with Crippen LogP contribution in [0.25, 0.3) is 16.8 Å². The van der Waals surface area contributed by atoms with Crippen molar-refractivity contribution < 1.29 is 14.4 Å². The summed E-state index contributed by atoms with van der Waals surface area (Å²) in [6.07, 6.45) is 1.68. The summed E-state index contributed by atoms with van der Waals surface area (Å²) < 4.78 is 0. The van der Waals surface area contributed by atoms with Crippen LogP contribution in [0.1, 0.15) is 22.8 Å². The van der Waals surface area contributed by atoms with E-state index in [9.17, 15) is 14.4 Å². The zero-order valence-corrected chi connectivity index (χ0v) is 25.8. The first-order valence-corrected chi connectivity index (χ1v) is 15.3. The lowest BCUT2D eigenvalue weighted by molar-refractivity contribution is -0.115. The molecular weight excluding hydrogens is 613 g/mol. The predicted octanol–water partition coefficient (Wildman–Crippen LogP) is 8.68. The molecule has 5 aromatic rings. The van der Waals surface area contributed by atoms with Gasteiger partial charge < -0.3 is 16.0 Å². The maximum Gasteiger partial charge on any atom is 0.272 e. The van der Waals surface area contributed by atoms with Crippen LogP contribution in [0, 0.1) is 0 Å². The van der Waals surface area contributed by atoms with E-state index in [-0.39, 0.29) is 11.6 Å². The highest BCUT2D eigenvalue weighted by Crippen LogP contribution is 2.28. The number of fused-ring (bicyclic) bond motifs is 1. The summed E-state index contributed by atoms with van der Waals surface area (Å²) in [7, 11) is 0. The van der Waals surface area contributed by atoms with Crippen LogP contribution >= 0.6 is 35.0 Å². The van der Waals surface area contributed by atoms with Gasteiger partial charge in [-0.3, -0.25) is 14.4 Å². The molecule has 1 unspecified atom stereocenters. The van der Waals surface area contributed by atoms with Gasteiger partial charge in [0.25, 0.3) is 11.8 Å². The van der Waals surface area contributed by atoms with Gasteiger partial charge in [-0.25, -0.2) is 0 Å². The van der Waals surface area contributed by atoms with E-state index in [0.717, 1.165) is 21.2 Å². The normalized spacial score (nSPS) is 11.9. The first-order valence-electron chi connectivity index (χ1n) is 13.7. The second-order valence-electron chi connectivity index (χ2n) is 9.80. The molecule has 0 aliphatic carbocycles. The van der Waals surface area contributed by atoms with Crippen LogP contribution < -0.4 is 16.0 Å². The highest BCUT2D eigenvalue weighted by Gasteiger charge is 2.17. The fraction of sp³-hybridized carbons (Fsp3) is 0.0571. The van der Waals surface area contributed by atoms with Gasteiger partial charge in [0.2, 0.25) is 5.91 Å². The summed E-state index contributed by atoms with van der Waals surface area (Å²) in [6.45, 7) is 1.80. The Bertz CT molecular complexity index is 1860. The van der Waals surface area contributed by atoms with Gasteiger partial charge in [-0.15, -0.1) is 11.8 Å². The van der Waals surface area contributed by atoms with E-state index in [1.165, 1.54) is 11.8 Å². The van der Waals surface area contributed by atoms with Gasteiger partial charge in [0, 0.05) is 21.8 Å². The number of halogens is 2. The molecule has 0 spiro atoms. The number of hydrogen-bond donors (Lipinski definition) is 3. The third kappa shape index (κ3) is 7.88. The maximum atomic E-state index is 13.5. The Morgan fingerprint density at radius 2 is 1.41 bits per heavy atom. The molecule has 0 radical (unpaired) electrons. The monoisotopic (exact) mass is 639 g/mol. The van der Waals surface area contributed by atoms with Crippen molar-refractivity contribution in [1.82, 2.24) is 5.32 Å². The fourth-order valence-electron chi connectivity index (χ4n) is 4.36. The molecule has 0 aromatic heterocycles. The molecule has 0 aliphatic rings. The van der Waals surface area contributed by atoms with E-state index >= 15 is 0 Å². The zero-order chi connectivity index (χ0) is 31.1. The number of benzene rings is 5.